The van der Waals surface area contributed by atoms with Crippen LogP contribution in [0.1, 0.15) is 16.1 Å². The van der Waals surface area contributed by atoms with Crippen LogP contribution in [0.25, 0.3) is 0 Å². The molecule has 7 nitrogen and oxygen atoms in total. The molecule has 1 aromatic carbocycles. The average Bonchev–Trinajstić information content (AvgIpc) is 2.72. The minimum absolute atomic E-state index is 0.154. The Morgan fingerprint density at radius 2 is 1.74 bits per heavy atom. The SMILES string of the molecule is O=C(NNC(=S)Nc1ccccc1)c1ncccc1OCc1ccncc1. The first-order chi connectivity index (χ1) is 13.2. The smallest absolute Gasteiger partial charge is 0.292 e. The number of nitrogens with zero attached hydrogens (tertiary/aromatic N) is 2. The molecule has 0 radical (unpaired) electrons. The molecule has 1 amide bonds. The van der Waals surface area contributed by atoms with Crippen molar-refractivity contribution in [3.63, 3.8) is 0 Å². The van der Waals surface area contributed by atoms with Crippen molar-refractivity contribution in [2.45, 2.75) is 6.61 Å². The van der Waals surface area contributed by atoms with Crippen LogP contribution >= 0.6 is 12.2 Å². The van der Waals surface area contributed by atoms with Gasteiger partial charge in [0.1, 0.15) is 6.61 Å². The van der Waals surface area contributed by atoms with Gasteiger partial charge >= 0.3 is 0 Å². The molecule has 2 aromatic heterocycles. The maximum absolute atomic E-state index is 12.4. The van der Waals surface area contributed by atoms with Crippen molar-refractivity contribution >= 4 is 28.9 Å². The lowest BCUT2D eigenvalue weighted by Gasteiger charge is -2.13. The number of ether oxygens (including phenoxy) is 1. The molecule has 27 heavy (non-hydrogen) atoms. The van der Waals surface area contributed by atoms with E-state index < -0.39 is 5.91 Å². The number of benzene rings is 1. The highest BCUT2D eigenvalue weighted by molar-refractivity contribution is 7.80. The Morgan fingerprint density at radius 3 is 2.52 bits per heavy atom. The maximum atomic E-state index is 12.4. The minimum Gasteiger partial charge on any atom is -0.486 e. The van der Waals surface area contributed by atoms with E-state index in [1.807, 2.05) is 42.5 Å². The number of amides is 1. The van der Waals surface area contributed by atoms with Crippen molar-refractivity contribution in [1.29, 1.82) is 0 Å². The van der Waals surface area contributed by atoms with Crippen LogP contribution in [0.5, 0.6) is 5.75 Å². The van der Waals surface area contributed by atoms with E-state index >= 15 is 0 Å². The molecule has 0 aliphatic heterocycles. The molecular weight excluding hydrogens is 362 g/mol. The molecule has 0 saturated heterocycles. The van der Waals surface area contributed by atoms with Gasteiger partial charge in [-0.2, -0.15) is 0 Å². The zero-order valence-corrected chi connectivity index (χ0v) is 15.1. The first-order valence-corrected chi connectivity index (χ1v) is 8.52. The predicted molar refractivity (Wildman–Crippen MR) is 106 cm³/mol. The van der Waals surface area contributed by atoms with Crippen LogP contribution in [0.15, 0.2) is 73.2 Å². The second-order valence-corrected chi connectivity index (χ2v) is 5.80. The zero-order valence-electron chi connectivity index (χ0n) is 14.3. The first-order valence-electron chi connectivity index (χ1n) is 8.11. The fourth-order valence-corrected chi connectivity index (χ4v) is 2.34. The molecule has 8 heteroatoms. The largest absolute Gasteiger partial charge is 0.486 e. The predicted octanol–water partition coefficient (Wildman–Crippen LogP) is 2.69. The summed E-state index contributed by atoms with van der Waals surface area (Å²) in [6.45, 7) is 0.301. The number of para-hydroxylation sites is 1. The molecule has 0 bridgehead atoms. The molecule has 0 saturated carbocycles. The topological polar surface area (TPSA) is 88.2 Å². The van der Waals surface area contributed by atoms with Crippen molar-refractivity contribution in [3.05, 3.63) is 84.4 Å². The lowest BCUT2D eigenvalue weighted by Crippen LogP contribution is -2.44. The van der Waals surface area contributed by atoms with Crippen LogP contribution in [0.3, 0.4) is 0 Å². The summed E-state index contributed by atoms with van der Waals surface area (Å²) in [5, 5.41) is 3.21. The number of hydrogen-bond donors (Lipinski definition) is 3. The normalized spacial score (nSPS) is 9.93. The number of thiocarbonyl (C=S) groups is 1. The second kappa shape index (κ2) is 9.25. The number of hydrazine groups is 1. The van der Waals surface area contributed by atoms with Gasteiger partial charge in [-0.05, 0) is 54.2 Å². The summed E-state index contributed by atoms with van der Waals surface area (Å²) in [5.74, 6) is -0.0897. The van der Waals surface area contributed by atoms with E-state index in [9.17, 15) is 4.79 Å². The molecule has 136 valence electrons. The summed E-state index contributed by atoms with van der Waals surface area (Å²) < 4.78 is 5.72. The van der Waals surface area contributed by atoms with Gasteiger partial charge in [-0.25, -0.2) is 4.98 Å². The van der Waals surface area contributed by atoms with Crippen LogP contribution in [-0.2, 0) is 6.61 Å². The maximum Gasteiger partial charge on any atom is 0.292 e. The highest BCUT2D eigenvalue weighted by Gasteiger charge is 2.14. The van der Waals surface area contributed by atoms with Crippen LogP contribution in [0.2, 0.25) is 0 Å². The number of anilines is 1. The highest BCUT2D eigenvalue weighted by Crippen LogP contribution is 2.16. The monoisotopic (exact) mass is 379 g/mol. The Balaban J connectivity index is 1.57. The Labute approximate surface area is 161 Å². The van der Waals surface area contributed by atoms with Crippen molar-refractivity contribution < 1.29 is 9.53 Å². The Morgan fingerprint density at radius 1 is 0.963 bits per heavy atom. The Kier molecular flexibility index (Phi) is 6.26. The molecule has 3 aromatic rings. The molecule has 3 rings (SSSR count). The van der Waals surface area contributed by atoms with Gasteiger partial charge in [0.25, 0.3) is 5.91 Å². The quantitative estimate of drug-likeness (QED) is 0.464. The molecule has 2 heterocycles. The summed E-state index contributed by atoms with van der Waals surface area (Å²) >= 11 is 5.16. The number of rotatable bonds is 5. The third kappa shape index (κ3) is 5.48. The summed E-state index contributed by atoms with van der Waals surface area (Å²) in [4.78, 5) is 20.5. The number of aromatic nitrogens is 2. The van der Waals surface area contributed by atoms with E-state index in [1.54, 1.807) is 24.5 Å². The lowest BCUT2D eigenvalue weighted by molar-refractivity contribution is 0.0934. The van der Waals surface area contributed by atoms with Gasteiger partial charge in [-0.3, -0.25) is 20.6 Å². The van der Waals surface area contributed by atoms with E-state index in [4.69, 9.17) is 17.0 Å². The third-order valence-electron chi connectivity index (χ3n) is 3.45. The summed E-state index contributed by atoms with van der Waals surface area (Å²) in [7, 11) is 0. The fourth-order valence-electron chi connectivity index (χ4n) is 2.17. The minimum atomic E-state index is -0.461. The van der Waals surface area contributed by atoms with Crippen molar-refractivity contribution in [1.82, 2.24) is 20.8 Å². The van der Waals surface area contributed by atoms with E-state index in [-0.39, 0.29) is 10.8 Å². The van der Waals surface area contributed by atoms with Gasteiger partial charge in [0, 0.05) is 24.3 Å². The van der Waals surface area contributed by atoms with E-state index in [0.29, 0.717) is 12.4 Å². The summed E-state index contributed by atoms with van der Waals surface area (Å²) in [5.41, 5.74) is 7.06. The van der Waals surface area contributed by atoms with E-state index in [1.165, 1.54) is 6.20 Å². The molecule has 0 aliphatic carbocycles. The third-order valence-corrected chi connectivity index (χ3v) is 3.65. The number of carbonyl (C=O) groups is 1. The molecule has 0 atom stereocenters. The lowest BCUT2D eigenvalue weighted by atomic mass is 10.3. The van der Waals surface area contributed by atoms with Gasteiger partial charge < -0.3 is 10.1 Å². The number of pyridine rings is 2. The van der Waals surface area contributed by atoms with Gasteiger partial charge in [0.05, 0.1) is 0 Å². The van der Waals surface area contributed by atoms with Crippen molar-refractivity contribution in [2.24, 2.45) is 0 Å². The number of hydrogen-bond acceptors (Lipinski definition) is 5. The van der Waals surface area contributed by atoms with Gasteiger partial charge in [-0.1, -0.05) is 18.2 Å². The summed E-state index contributed by atoms with van der Waals surface area (Å²) in [6, 6.07) is 16.4. The van der Waals surface area contributed by atoms with Crippen molar-refractivity contribution in [2.75, 3.05) is 5.32 Å². The average molecular weight is 379 g/mol. The number of carbonyl (C=O) groups excluding carboxylic acids is 1. The van der Waals surface area contributed by atoms with E-state index in [0.717, 1.165) is 11.3 Å². The Hall–Kier alpha value is -3.52. The molecule has 0 aliphatic rings. The van der Waals surface area contributed by atoms with Crippen molar-refractivity contribution in [3.8, 4) is 5.75 Å². The van der Waals surface area contributed by atoms with Gasteiger partial charge in [0.2, 0.25) is 0 Å². The van der Waals surface area contributed by atoms with Gasteiger partial charge in [0.15, 0.2) is 16.6 Å². The molecule has 0 unspecified atom stereocenters. The first kappa shape index (κ1) is 18.3. The molecule has 0 spiro atoms. The second-order valence-electron chi connectivity index (χ2n) is 5.39. The fraction of sp³-hybridized carbons (Fsp3) is 0.0526. The highest BCUT2D eigenvalue weighted by atomic mass is 32.1. The summed E-state index contributed by atoms with van der Waals surface area (Å²) in [6.07, 6.45) is 4.88. The zero-order chi connectivity index (χ0) is 18.9. The standard InChI is InChI=1S/C19H17N5O2S/c25-18(23-24-19(27)22-15-5-2-1-3-6-15)17-16(7-4-10-21-17)26-13-14-8-11-20-12-9-14/h1-12H,13H2,(H,23,25)(H2,22,24,27). The number of nitrogens with one attached hydrogen (secondary N) is 3. The van der Waals surface area contributed by atoms with Crippen LogP contribution in [0.4, 0.5) is 5.69 Å². The van der Waals surface area contributed by atoms with Gasteiger partial charge in [-0.15, -0.1) is 0 Å². The van der Waals surface area contributed by atoms with Crippen LogP contribution < -0.4 is 20.9 Å². The molecule has 3 N–H and O–H groups in total. The molecular formula is C19H17N5O2S. The van der Waals surface area contributed by atoms with E-state index in [2.05, 4.69) is 26.1 Å². The Bertz CT molecular complexity index is 906. The van der Waals surface area contributed by atoms with Crippen LogP contribution in [-0.4, -0.2) is 21.0 Å². The van der Waals surface area contributed by atoms with Crippen LogP contribution in [0, 0.1) is 0 Å². The molecule has 0 fully saturated rings.